The Bertz CT molecular complexity index is 850. The number of amidine groups is 1. The third-order valence-electron chi connectivity index (χ3n) is 3.83. The number of hydrogen-bond acceptors (Lipinski definition) is 4. The second-order valence-corrected chi connectivity index (χ2v) is 7.02. The van der Waals surface area contributed by atoms with E-state index in [1.807, 2.05) is 62.1 Å². The SMILES string of the molecule is C=C(C)CN(CC(=O)Nc1ccc(OC(C)C)cc1)c1cccc(C(=N)N)c1.Cl. The van der Waals surface area contributed by atoms with E-state index < -0.39 is 0 Å². The number of carbonyl (C=O) groups excluding carboxylic acids is 1. The first-order chi connectivity index (χ1) is 13.2. The standard InChI is InChI=1S/C22H28N4O2.ClH/c1-15(2)13-26(19-7-5-6-17(12-19)22(23)24)14-21(27)25-18-8-10-20(11-9-18)28-16(3)4;/h5-12,16H,1,13-14H2,2-4H3,(H3,23,24)(H,25,27);1H. The molecular weight excluding hydrogens is 388 g/mol. The predicted molar refractivity (Wildman–Crippen MR) is 123 cm³/mol. The van der Waals surface area contributed by atoms with Crippen LogP contribution in [0.25, 0.3) is 0 Å². The molecule has 2 aromatic rings. The maximum absolute atomic E-state index is 12.6. The molecule has 2 aromatic carbocycles. The van der Waals surface area contributed by atoms with Crippen molar-refractivity contribution in [2.75, 3.05) is 23.3 Å². The van der Waals surface area contributed by atoms with Crippen LogP contribution in [-0.4, -0.2) is 30.9 Å². The molecule has 0 heterocycles. The zero-order valence-corrected chi connectivity index (χ0v) is 17.9. The lowest BCUT2D eigenvalue weighted by molar-refractivity contribution is -0.115. The average molecular weight is 417 g/mol. The van der Waals surface area contributed by atoms with Crippen LogP contribution in [0.4, 0.5) is 11.4 Å². The van der Waals surface area contributed by atoms with Crippen LogP contribution in [0.3, 0.4) is 0 Å². The van der Waals surface area contributed by atoms with Gasteiger partial charge in [-0.2, -0.15) is 0 Å². The van der Waals surface area contributed by atoms with Crippen LogP contribution < -0.4 is 20.7 Å². The molecule has 0 atom stereocenters. The molecule has 0 spiro atoms. The van der Waals surface area contributed by atoms with Gasteiger partial charge in [0.05, 0.1) is 12.6 Å². The Hall–Kier alpha value is -2.99. The Kier molecular flexibility index (Phi) is 9.22. The van der Waals surface area contributed by atoms with Gasteiger partial charge >= 0.3 is 0 Å². The molecule has 0 aliphatic rings. The van der Waals surface area contributed by atoms with E-state index in [2.05, 4.69) is 11.9 Å². The van der Waals surface area contributed by atoms with Crippen molar-refractivity contribution in [2.24, 2.45) is 5.73 Å². The monoisotopic (exact) mass is 416 g/mol. The topological polar surface area (TPSA) is 91.4 Å². The number of rotatable bonds is 9. The van der Waals surface area contributed by atoms with E-state index in [4.69, 9.17) is 15.9 Å². The molecule has 29 heavy (non-hydrogen) atoms. The highest BCUT2D eigenvalue weighted by atomic mass is 35.5. The summed E-state index contributed by atoms with van der Waals surface area (Å²) in [5.74, 6) is 0.607. The van der Waals surface area contributed by atoms with E-state index in [-0.39, 0.29) is 36.8 Å². The highest BCUT2D eigenvalue weighted by Crippen LogP contribution is 2.19. The summed E-state index contributed by atoms with van der Waals surface area (Å²) < 4.78 is 5.61. The Labute approximate surface area is 178 Å². The van der Waals surface area contributed by atoms with Gasteiger partial charge in [-0.05, 0) is 57.2 Å². The first-order valence-corrected chi connectivity index (χ1v) is 9.15. The van der Waals surface area contributed by atoms with Gasteiger partial charge in [0.15, 0.2) is 0 Å². The summed E-state index contributed by atoms with van der Waals surface area (Å²) in [5, 5.41) is 10.5. The normalized spacial score (nSPS) is 10.1. The fraction of sp³-hybridized carbons (Fsp3) is 0.273. The van der Waals surface area contributed by atoms with Crippen molar-refractivity contribution in [1.82, 2.24) is 0 Å². The van der Waals surface area contributed by atoms with Crippen LogP contribution in [0.2, 0.25) is 0 Å². The van der Waals surface area contributed by atoms with Crippen molar-refractivity contribution < 1.29 is 9.53 Å². The van der Waals surface area contributed by atoms with Gasteiger partial charge in [-0.15, -0.1) is 12.4 Å². The molecule has 0 aliphatic heterocycles. The summed E-state index contributed by atoms with van der Waals surface area (Å²) in [6.07, 6.45) is 0.0990. The highest BCUT2D eigenvalue weighted by molar-refractivity contribution is 5.97. The average Bonchev–Trinajstić information content (AvgIpc) is 2.62. The molecule has 0 aliphatic carbocycles. The van der Waals surface area contributed by atoms with Crippen molar-refractivity contribution in [3.8, 4) is 5.75 Å². The molecule has 0 saturated heterocycles. The number of halogens is 1. The molecule has 0 bridgehead atoms. The molecule has 2 rings (SSSR count). The summed E-state index contributed by atoms with van der Waals surface area (Å²) in [4.78, 5) is 14.5. The van der Waals surface area contributed by atoms with E-state index >= 15 is 0 Å². The molecule has 0 unspecified atom stereocenters. The molecule has 0 fully saturated rings. The van der Waals surface area contributed by atoms with Crippen molar-refractivity contribution in [2.45, 2.75) is 26.9 Å². The molecule has 7 heteroatoms. The first kappa shape index (κ1) is 24.0. The second kappa shape index (κ2) is 11.1. The third kappa shape index (κ3) is 7.87. The van der Waals surface area contributed by atoms with Crippen molar-refractivity contribution in [3.63, 3.8) is 0 Å². The number of nitrogens with zero attached hydrogens (tertiary/aromatic N) is 1. The molecule has 0 aromatic heterocycles. The molecular formula is C22H29ClN4O2. The molecule has 6 nitrogen and oxygen atoms in total. The maximum atomic E-state index is 12.6. The van der Waals surface area contributed by atoms with Gasteiger partial charge in [0, 0.05) is 23.5 Å². The molecule has 1 amide bonds. The highest BCUT2D eigenvalue weighted by Gasteiger charge is 2.13. The summed E-state index contributed by atoms with van der Waals surface area (Å²) in [6, 6.07) is 14.6. The molecule has 0 radical (unpaired) electrons. The predicted octanol–water partition coefficient (Wildman–Crippen LogP) is 4.20. The number of hydrogen-bond donors (Lipinski definition) is 3. The molecule has 156 valence electrons. The number of nitrogens with one attached hydrogen (secondary N) is 2. The van der Waals surface area contributed by atoms with Gasteiger partial charge in [-0.1, -0.05) is 24.3 Å². The summed E-state index contributed by atoms with van der Waals surface area (Å²) in [6.45, 7) is 10.5. The molecule has 0 saturated carbocycles. The van der Waals surface area contributed by atoms with Crippen LogP contribution >= 0.6 is 12.4 Å². The van der Waals surface area contributed by atoms with Gasteiger partial charge in [-0.3, -0.25) is 10.2 Å². The molecule has 4 N–H and O–H groups in total. The Morgan fingerprint density at radius 2 is 1.86 bits per heavy atom. The first-order valence-electron chi connectivity index (χ1n) is 9.15. The Morgan fingerprint density at radius 3 is 2.41 bits per heavy atom. The maximum Gasteiger partial charge on any atom is 0.243 e. The summed E-state index contributed by atoms with van der Waals surface area (Å²) in [5.41, 5.74) is 8.64. The van der Waals surface area contributed by atoms with Gasteiger partial charge < -0.3 is 20.7 Å². The van der Waals surface area contributed by atoms with E-state index in [1.54, 1.807) is 12.1 Å². The van der Waals surface area contributed by atoms with E-state index in [9.17, 15) is 4.79 Å². The van der Waals surface area contributed by atoms with Crippen LogP contribution in [0.5, 0.6) is 5.75 Å². The number of carbonyl (C=O) groups is 1. The number of nitrogens with two attached hydrogens (primary N) is 1. The summed E-state index contributed by atoms with van der Waals surface area (Å²) >= 11 is 0. The lowest BCUT2D eigenvalue weighted by atomic mass is 10.1. The van der Waals surface area contributed by atoms with Crippen LogP contribution in [0.15, 0.2) is 60.7 Å². The van der Waals surface area contributed by atoms with E-state index in [1.165, 1.54) is 0 Å². The Balaban J connectivity index is 0.00000420. The number of anilines is 2. The van der Waals surface area contributed by atoms with Crippen LogP contribution in [-0.2, 0) is 4.79 Å². The van der Waals surface area contributed by atoms with Crippen molar-refractivity contribution >= 4 is 35.5 Å². The Morgan fingerprint density at radius 1 is 1.21 bits per heavy atom. The second-order valence-electron chi connectivity index (χ2n) is 7.02. The fourth-order valence-electron chi connectivity index (χ4n) is 2.70. The number of benzene rings is 2. The fourth-order valence-corrected chi connectivity index (χ4v) is 2.70. The minimum Gasteiger partial charge on any atom is -0.491 e. The summed E-state index contributed by atoms with van der Waals surface area (Å²) in [7, 11) is 0. The van der Waals surface area contributed by atoms with Crippen molar-refractivity contribution in [1.29, 1.82) is 5.41 Å². The lowest BCUT2D eigenvalue weighted by Gasteiger charge is -2.25. The quantitative estimate of drug-likeness (QED) is 0.324. The third-order valence-corrected chi connectivity index (χ3v) is 3.83. The van der Waals surface area contributed by atoms with Crippen molar-refractivity contribution in [3.05, 3.63) is 66.2 Å². The number of nitrogen functional groups attached to an aromatic ring is 1. The van der Waals surface area contributed by atoms with Gasteiger partial charge in [-0.25, -0.2) is 0 Å². The lowest BCUT2D eigenvalue weighted by Crippen LogP contribution is -2.34. The zero-order chi connectivity index (χ0) is 20.7. The number of amides is 1. The van der Waals surface area contributed by atoms with Gasteiger partial charge in [0.1, 0.15) is 11.6 Å². The van der Waals surface area contributed by atoms with Crippen LogP contribution in [0, 0.1) is 5.41 Å². The van der Waals surface area contributed by atoms with Gasteiger partial charge in [0.2, 0.25) is 5.91 Å². The zero-order valence-electron chi connectivity index (χ0n) is 17.1. The van der Waals surface area contributed by atoms with Crippen LogP contribution in [0.1, 0.15) is 26.3 Å². The minimum absolute atomic E-state index is 0. The van der Waals surface area contributed by atoms with E-state index in [0.29, 0.717) is 17.8 Å². The largest absolute Gasteiger partial charge is 0.491 e. The smallest absolute Gasteiger partial charge is 0.243 e. The van der Waals surface area contributed by atoms with E-state index in [0.717, 1.165) is 17.0 Å². The minimum atomic E-state index is -0.146. The van der Waals surface area contributed by atoms with Gasteiger partial charge in [0.25, 0.3) is 0 Å². The number of ether oxygens (including phenoxy) is 1.